The maximum absolute atomic E-state index is 12.1. The summed E-state index contributed by atoms with van der Waals surface area (Å²) in [5, 5.41) is 0. The van der Waals surface area contributed by atoms with E-state index in [1.165, 1.54) is 14.2 Å². The van der Waals surface area contributed by atoms with E-state index < -0.39 is 16.1 Å². The summed E-state index contributed by atoms with van der Waals surface area (Å²) in [6.07, 6.45) is 3.10. The van der Waals surface area contributed by atoms with Crippen molar-refractivity contribution in [1.29, 1.82) is 0 Å². The topological polar surface area (TPSA) is 57.2 Å². The zero-order valence-corrected chi connectivity index (χ0v) is 19.1. The van der Waals surface area contributed by atoms with Gasteiger partial charge in [0.15, 0.2) is 0 Å². The van der Waals surface area contributed by atoms with E-state index in [1.807, 2.05) is 0 Å². The first-order valence-corrected chi connectivity index (χ1v) is 12.1. The molecule has 0 saturated heterocycles. The first-order valence-electron chi connectivity index (χ1n) is 9.25. The van der Waals surface area contributed by atoms with Crippen molar-refractivity contribution in [1.82, 2.24) is 4.67 Å². The number of hydrogen-bond acceptors (Lipinski definition) is 6. The number of nitrogens with zero attached hydrogens (tertiary/aromatic N) is 1. The van der Waals surface area contributed by atoms with Crippen LogP contribution in [0.3, 0.4) is 0 Å². The highest BCUT2D eigenvalue weighted by atomic mass is 31.2. The van der Waals surface area contributed by atoms with E-state index in [-0.39, 0.29) is 0 Å². The zero-order chi connectivity index (χ0) is 19.5. The zero-order valence-electron chi connectivity index (χ0n) is 17.4. The predicted octanol–water partition coefficient (Wildman–Crippen LogP) is 5.68. The molecular weight excluding hydrogens is 360 g/mol. The van der Waals surface area contributed by atoms with E-state index in [2.05, 4.69) is 46.2 Å². The maximum Gasteiger partial charge on any atom is 0.330 e. The second-order valence-corrected chi connectivity index (χ2v) is 10.7. The largest absolute Gasteiger partial charge is 0.330 e. The summed E-state index contributed by atoms with van der Waals surface area (Å²) in [5.41, 5.74) is 0. The lowest BCUT2D eigenvalue weighted by molar-refractivity contribution is 0.167. The molecule has 0 aliphatic carbocycles. The van der Waals surface area contributed by atoms with Gasteiger partial charge >= 0.3 is 7.60 Å². The van der Waals surface area contributed by atoms with Crippen LogP contribution in [0.15, 0.2) is 0 Å². The van der Waals surface area contributed by atoms with Gasteiger partial charge in [0, 0.05) is 26.3 Å². The van der Waals surface area contributed by atoms with Gasteiger partial charge < -0.3 is 18.1 Å². The second kappa shape index (κ2) is 13.6. The van der Waals surface area contributed by atoms with Crippen molar-refractivity contribution in [3.05, 3.63) is 0 Å². The van der Waals surface area contributed by atoms with E-state index in [1.54, 1.807) is 0 Å². The summed E-state index contributed by atoms with van der Waals surface area (Å²) in [6.45, 7) is 14.3. The molecule has 0 amide bonds. The molecule has 0 radical (unpaired) electrons. The predicted molar refractivity (Wildman–Crippen MR) is 106 cm³/mol. The Bertz CT molecular complexity index is 366. The Morgan fingerprint density at radius 3 is 1.88 bits per heavy atom. The lowest BCUT2D eigenvalue weighted by Crippen LogP contribution is -2.33. The van der Waals surface area contributed by atoms with Gasteiger partial charge in [-0.3, -0.25) is 4.57 Å². The molecule has 0 bridgehead atoms. The van der Waals surface area contributed by atoms with Crippen LogP contribution < -0.4 is 0 Å². The normalized spacial score (nSPS) is 15.3. The van der Waals surface area contributed by atoms with Gasteiger partial charge in [-0.25, -0.2) is 4.67 Å². The van der Waals surface area contributed by atoms with Gasteiger partial charge in [0.1, 0.15) is 0 Å². The van der Waals surface area contributed by atoms with Gasteiger partial charge in [-0.1, -0.05) is 13.8 Å². The molecule has 2 unspecified atom stereocenters. The van der Waals surface area contributed by atoms with Gasteiger partial charge in [-0.15, -0.1) is 0 Å². The van der Waals surface area contributed by atoms with E-state index >= 15 is 0 Å². The summed E-state index contributed by atoms with van der Waals surface area (Å²) < 4.78 is 36.5. The van der Waals surface area contributed by atoms with Crippen LogP contribution in [0.5, 0.6) is 0 Å². The summed E-state index contributed by atoms with van der Waals surface area (Å²) in [4.78, 5) is 0. The number of hydrogen-bond donors (Lipinski definition) is 0. The fourth-order valence-corrected chi connectivity index (χ4v) is 5.39. The Morgan fingerprint density at radius 2 is 1.44 bits per heavy atom. The summed E-state index contributed by atoms with van der Waals surface area (Å²) in [6, 6.07) is 0.740. The summed E-state index contributed by atoms with van der Waals surface area (Å²) in [7, 11) is -1.09. The van der Waals surface area contributed by atoms with Crippen molar-refractivity contribution in [2.75, 3.05) is 33.6 Å². The fraction of sp³-hybridized carbons (Fsp3) is 1.00. The monoisotopic (exact) mass is 399 g/mol. The summed E-state index contributed by atoms with van der Waals surface area (Å²) >= 11 is 0. The standard InChI is InChI=1S/C17H39NO5P2/c1-9-12-22-24(18(15(2)3)16(4)5)23-13-10-17(6)11-14-25(19,20-7)21-8/h15-17H,9-14H2,1-8H3. The van der Waals surface area contributed by atoms with Crippen LogP contribution in [0.2, 0.25) is 0 Å². The van der Waals surface area contributed by atoms with Crippen LogP contribution in [0.4, 0.5) is 0 Å². The molecule has 0 saturated carbocycles. The molecule has 0 rings (SSSR count). The highest BCUT2D eigenvalue weighted by molar-refractivity contribution is 7.53. The third kappa shape index (κ3) is 10.4. The van der Waals surface area contributed by atoms with Crippen molar-refractivity contribution in [3.63, 3.8) is 0 Å². The Morgan fingerprint density at radius 1 is 0.920 bits per heavy atom. The van der Waals surface area contributed by atoms with E-state index in [4.69, 9.17) is 18.1 Å². The molecule has 0 aromatic heterocycles. The van der Waals surface area contributed by atoms with Crippen molar-refractivity contribution < 1.29 is 22.7 Å². The van der Waals surface area contributed by atoms with Crippen molar-refractivity contribution >= 4 is 16.1 Å². The minimum Gasteiger partial charge on any atom is -0.322 e. The van der Waals surface area contributed by atoms with Crippen LogP contribution >= 0.6 is 16.1 Å². The Labute approximate surface area is 156 Å². The highest BCUT2D eigenvalue weighted by Crippen LogP contribution is 2.48. The lowest BCUT2D eigenvalue weighted by Gasteiger charge is -2.35. The second-order valence-electron chi connectivity index (χ2n) is 6.85. The van der Waals surface area contributed by atoms with Crippen LogP contribution in [0.1, 0.15) is 60.8 Å². The average molecular weight is 399 g/mol. The molecule has 0 aliphatic rings. The molecule has 25 heavy (non-hydrogen) atoms. The number of rotatable bonds is 15. The summed E-state index contributed by atoms with van der Waals surface area (Å²) in [5.74, 6) is 0.383. The molecule has 6 nitrogen and oxygen atoms in total. The van der Waals surface area contributed by atoms with Crippen LogP contribution in [0.25, 0.3) is 0 Å². The van der Waals surface area contributed by atoms with Gasteiger partial charge in [0.2, 0.25) is 0 Å². The lowest BCUT2D eigenvalue weighted by atomic mass is 10.1. The minimum atomic E-state index is -2.91. The minimum absolute atomic E-state index is 0.370. The molecule has 0 N–H and O–H groups in total. The third-order valence-electron chi connectivity index (χ3n) is 3.92. The Kier molecular flexibility index (Phi) is 13.9. The van der Waals surface area contributed by atoms with Crippen molar-refractivity contribution in [2.45, 2.75) is 72.9 Å². The molecule has 0 heterocycles. The molecule has 0 aromatic carbocycles. The molecule has 0 fully saturated rings. The van der Waals surface area contributed by atoms with Crippen LogP contribution in [-0.2, 0) is 22.7 Å². The van der Waals surface area contributed by atoms with Crippen molar-refractivity contribution in [2.24, 2.45) is 5.92 Å². The van der Waals surface area contributed by atoms with Crippen molar-refractivity contribution in [3.8, 4) is 0 Å². The van der Waals surface area contributed by atoms with Crippen LogP contribution in [-0.4, -0.2) is 50.3 Å². The third-order valence-corrected chi connectivity index (χ3v) is 7.94. The average Bonchev–Trinajstić information content (AvgIpc) is 2.56. The molecule has 152 valence electrons. The molecule has 0 aromatic rings. The van der Waals surface area contributed by atoms with Gasteiger partial charge in [-0.2, -0.15) is 0 Å². The molecule has 0 aliphatic heterocycles. The molecule has 2 atom stereocenters. The van der Waals surface area contributed by atoms with Gasteiger partial charge in [0.05, 0.1) is 19.4 Å². The SMILES string of the molecule is CCCOP(OCCC(C)CCP(=O)(OC)OC)N(C(C)C)C(C)C. The Hall–Kier alpha value is 0.460. The Balaban J connectivity index is 4.47. The highest BCUT2D eigenvalue weighted by Gasteiger charge is 2.27. The van der Waals surface area contributed by atoms with Gasteiger partial charge in [-0.05, 0) is 52.9 Å². The molecule has 8 heteroatoms. The molecule has 0 spiro atoms. The maximum atomic E-state index is 12.1. The quantitative estimate of drug-likeness (QED) is 0.330. The van der Waals surface area contributed by atoms with Crippen LogP contribution in [0, 0.1) is 5.92 Å². The van der Waals surface area contributed by atoms with E-state index in [9.17, 15) is 4.57 Å². The first kappa shape index (κ1) is 25.5. The fourth-order valence-electron chi connectivity index (χ4n) is 2.43. The van der Waals surface area contributed by atoms with E-state index in [0.717, 1.165) is 19.3 Å². The van der Waals surface area contributed by atoms with Gasteiger partial charge in [0.25, 0.3) is 8.53 Å². The van der Waals surface area contributed by atoms with E-state index in [0.29, 0.717) is 37.4 Å². The smallest absolute Gasteiger partial charge is 0.322 e. The first-order chi connectivity index (χ1) is 11.7. The molecular formula is C17H39NO5P2.